The van der Waals surface area contributed by atoms with Crippen molar-refractivity contribution in [2.75, 3.05) is 101 Å². The van der Waals surface area contributed by atoms with Crippen LogP contribution >= 0.6 is 0 Å². The Balaban J connectivity index is 0.000000274. The summed E-state index contributed by atoms with van der Waals surface area (Å²) >= 11 is 0. The maximum Gasteiger partial charge on any atom is 0.0190 e. The van der Waals surface area contributed by atoms with Gasteiger partial charge < -0.3 is 19.6 Å². The lowest BCUT2D eigenvalue weighted by Gasteiger charge is -2.33. The van der Waals surface area contributed by atoms with E-state index in [9.17, 15) is 0 Å². The third kappa shape index (κ3) is 25.9. The van der Waals surface area contributed by atoms with E-state index >= 15 is 0 Å². The molecule has 1 unspecified atom stereocenters. The molecule has 0 N–H and O–H groups in total. The van der Waals surface area contributed by atoms with Crippen LogP contribution in [0.3, 0.4) is 0 Å². The van der Waals surface area contributed by atoms with Gasteiger partial charge in [0, 0.05) is 45.8 Å². The second-order valence-corrected chi connectivity index (χ2v) is 17.0. The number of piperidine rings is 1. The van der Waals surface area contributed by atoms with Crippen molar-refractivity contribution < 1.29 is 0 Å². The molecule has 2 aliphatic carbocycles. The summed E-state index contributed by atoms with van der Waals surface area (Å²) in [6.45, 7) is 26.4. The Labute approximate surface area is 296 Å². The Kier molecular flexibility index (Phi) is 25.5. The van der Waals surface area contributed by atoms with Crippen LogP contribution < -0.4 is 0 Å². The van der Waals surface area contributed by atoms with Crippen LogP contribution in [0.5, 0.6) is 0 Å². The zero-order chi connectivity index (χ0) is 35.0. The van der Waals surface area contributed by atoms with Gasteiger partial charge in [-0.05, 0) is 137 Å². The lowest BCUT2D eigenvalue weighted by atomic mass is 9.91. The normalized spacial score (nSPS) is 26.1. The van der Waals surface area contributed by atoms with E-state index in [4.69, 9.17) is 0 Å². The van der Waals surface area contributed by atoms with Crippen LogP contribution in [0, 0.1) is 23.7 Å². The number of allylic oxidation sites excluding steroid dienone is 2. The molecule has 4 saturated heterocycles. The SMILES string of the molecule is CC1=CCCCC1.CC1=CCN(C)C1.CC1CCCCC1.CC1CCN(C)C1.CC1CN(C)C1.CC1CN(C)C1.CN1CCCCC1. The molecular formula is C42H85N5. The number of rotatable bonds is 0. The average Bonchev–Trinajstić information content (AvgIpc) is 3.59. The number of likely N-dealkylation sites (N-methyl/N-ethyl adjacent to an activating group) is 1. The summed E-state index contributed by atoms with van der Waals surface area (Å²) < 4.78 is 0. The Bertz CT molecular complexity index is 727. The topological polar surface area (TPSA) is 16.2 Å². The quantitative estimate of drug-likeness (QED) is 0.240. The van der Waals surface area contributed by atoms with Gasteiger partial charge in [-0.25, -0.2) is 0 Å². The van der Waals surface area contributed by atoms with E-state index in [1.54, 1.807) is 5.57 Å². The van der Waals surface area contributed by atoms with Gasteiger partial charge in [-0.3, -0.25) is 4.90 Å². The van der Waals surface area contributed by atoms with Crippen LogP contribution in [0.25, 0.3) is 0 Å². The third-order valence-corrected chi connectivity index (χ3v) is 10.4. The van der Waals surface area contributed by atoms with Gasteiger partial charge in [-0.1, -0.05) is 89.5 Å². The summed E-state index contributed by atoms with van der Waals surface area (Å²) in [6.07, 6.45) is 23.2. The molecule has 5 aliphatic heterocycles. The van der Waals surface area contributed by atoms with Crippen molar-refractivity contribution in [3.8, 4) is 0 Å². The number of nitrogens with zero attached hydrogens (tertiary/aromatic N) is 5. The van der Waals surface area contributed by atoms with E-state index in [0.29, 0.717) is 0 Å². The molecule has 5 nitrogen and oxygen atoms in total. The lowest BCUT2D eigenvalue weighted by molar-refractivity contribution is 0.149. The van der Waals surface area contributed by atoms with E-state index in [1.165, 1.54) is 148 Å². The van der Waals surface area contributed by atoms with Crippen LogP contribution in [0.2, 0.25) is 0 Å². The minimum absolute atomic E-state index is 0.949. The van der Waals surface area contributed by atoms with Crippen molar-refractivity contribution in [3.63, 3.8) is 0 Å². The highest BCUT2D eigenvalue weighted by atomic mass is 15.2. The summed E-state index contributed by atoms with van der Waals surface area (Å²) in [6, 6.07) is 0. The number of likely N-dealkylation sites (tertiary alicyclic amines) is 4. The van der Waals surface area contributed by atoms with Crippen molar-refractivity contribution in [1.29, 1.82) is 0 Å². The molecular weight excluding hydrogens is 574 g/mol. The molecule has 5 heterocycles. The van der Waals surface area contributed by atoms with Crippen molar-refractivity contribution in [3.05, 3.63) is 23.3 Å². The first kappa shape index (κ1) is 44.3. The molecule has 7 aliphatic rings. The molecule has 1 atom stereocenters. The minimum Gasteiger partial charge on any atom is -0.306 e. The number of hydrogen-bond donors (Lipinski definition) is 0. The predicted molar refractivity (Wildman–Crippen MR) is 212 cm³/mol. The van der Waals surface area contributed by atoms with E-state index in [2.05, 4.69) is 113 Å². The first-order valence-electron chi connectivity index (χ1n) is 20.1. The molecule has 1 saturated carbocycles. The van der Waals surface area contributed by atoms with Crippen molar-refractivity contribution >= 4 is 0 Å². The van der Waals surface area contributed by atoms with Crippen LogP contribution in [0.1, 0.15) is 125 Å². The maximum atomic E-state index is 2.39. The van der Waals surface area contributed by atoms with Gasteiger partial charge in [0.15, 0.2) is 0 Å². The molecule has 278 valence electrons. The standard InChI is InChI=1S/C7H14.C7H12.C6H13N.C6H11N.C6H13N.2C5H11N/c2*1-7-5-3-2-4-6-7;2*1-6-3-4-7(2)5-6;1-7-5-3-2-4-6-7;2*1-5-3-6(2)4-5/h7H,2-6H2,1H3;5H,2-4,6H2,1H3;6H,3-5H2,1-2H3;3H,4-5H2,1-2H3;2-6H2,1H3;2*5H,3-4H2,1-2H3. The van der Waals surface area contributed by atoms with Crippen LogP contribution in [0.4, 0.5) is 0 Å². The summed E-state index contributed by atoms with van der Waals surface area (Å²) in [4.78, 5) is 11.7. The van der Waals surface area contributed by atoms with Crippen LogP contribution in [0.15, 0.2) is 23.3 Å². The van der Waals surface area contributed by atoms with E-state index in [0.717, 1.165) is 30.2 Å². The lowest BCUT2D eigenvalue weighted by Crippen LogP contribution is -2.41. The molecule has 0 radical (unpaired) electrons. The van der Waals surface area contributed by atoms with Crippen molar-refractivity contribution in [2.45, 2.75) is 125 Å². The van der Waals surface area contributed by atoms with Crippen LogP contribution in [-0.2, 0) is 0 Å². The summed E-state index contributed by atoms with van der Waals surface area (Å²) in [5, 5.41) is 0. The molecule has 0 amide bonds. The molecule has 5 fully saturated rings. The monoisotopic (exact) mass is 660 g/mol. The van der Waals surface area contributed by atoms with Gasteiger partial charge in [-0.15, -0.1) is 0 Å². The smallest absolute Gasteiger partial charge is 0.0190 e. The maximum absolute atomic E-state index is 2.39. The van der Waals surface area contributed by atoms with Gasteiger partial charge >= 0.3 is 0 Å². The van der Waals surface area contributed by atoms with E-state index in [1.807, 2.05) is 0 Å². The first-order valence-corrected chi connectivity index (χ1v) is 20.1. The second-order valence-electron chi connectivity index (χ2n) is 17.0. The zero-order valence-corrected chi connectivity index (χ0v) is 34.0. The molecule has 7 rings (SSSR count). The molecule has 0 bridgehead atoms. The average molecular weight is 660 g/mol. The van der Waals surface area contributed by atoms with E-state index in [-0.39, 0.29) is 0 Å². The Morgan fingerprint density at radius 2 is 0.979 bits per heavy atom. The van der Waals surface area contributed by atoms with Gasteiger partial charge in [0.25, 0.3) is 0 Å². The fourth-order valence-electron chi connectivity index (χ4n) is 7.40. The Morgan fingerprint density at radius 3 is 1.15 bits per heavy atom. The zero-order valence-electron chi connectivity index (χ0n) is 34.0. The summed E-state index contributed by atoms with van der Waals surface area (Å²) in [5.41, 5.74) is 3.09. The fourth-order valence-corrected chi connectivity index (χ4v) is 7.40. The third-order valence-electron chi connectivity index (χ3n) is 10.4. The first-order chi connectivity index (χ1) is 22.3. The molecule has 47 heavy (non-hydrogen) atoms. The molecule has 0 spiro atoms. The summed E-state index contributed by atoms with van der Waals surface area (Å²) in [5.74, 6) is 3.92. The second kappa shape index (κ2) is 27.1. The molecule has 5 heteroatoms. The van der Waals surface area contributed by atoms with Gasteiger partial charge in [0.05, 0.1) is 0 Å². The molecule has 0 aromatic heterocycles. The molecule has 0 aromatic carbocycles. The highest BCUT2D eigenvalue weighted by Gasteiger charge is 2.17. The minimum atomic E-state index is 0.949. The fraction of sp³-hybridized carbons (Fsp3) is 0.905. The summed E-state index contributed by atoms with van der Waals surface area (Å²) in [7, 11) is 10.8. The predicted octanol–water partition coefficient (Wildman–Crippen LogP) is 9.17. The Morgan fingerprint density at radius 1 is 0.447 bits per heavy atom. The van der Waals surface area contributed by atoms with E-state index < -0.39 is 0 Å². The van der Waals surface area contributed by atoms with Crippen molar-refractivity contribution in [2.24, 2.45) is 23.7 Å². The molecule has 0 aromatic rings. The van der Waals surface area contributed by atoms with Gasteiger partial charge in [0.2, 0.25) is 0 Å². The van der Waals surface area contributed by atoms with Crippen LogP contribution in [-0.4, -0.2) is 125 Å². The number of hydrogen-bond acceptors (Lipinski definition) is 5. The largest absolute Gasteiger partial charge is 0.306 e. The van der Waals surface area contributed by atoms with Gasteiger partial charge in [0.1, 0.15) is 0 Å². The Hall–Kier alpha value is -0.720. The van der Waals surface area contributed by atoms with Gasteiger partial charge in [-0.2, -0.15) is 0 Å². The highest BCUT2D eigenvalue weighted by molar-refractivity contribution is 5.07. The van der Waals surface area contributed by atoms with Crippen molar-refractivity contribution in [1.82, 2.24) is 24.5 Å². The highest BCUT2D eigenvalue weighted by Crippen LogP contribution is 2.22.